The average molecular weight is 330 g/mol. The van der Waals surface area contributed by atoms with Gasteiger partial charge in [0.15, 0.2) is 0 Å². The maximum Gasteiger partial charge on any atom is 0.228 e. The molecule has 0 unspecified atom stereocenters. The van der Waals surface area contributed by atoms with Gasteiger partial charge in [0.05, 0.1) is 31.3 Å². The third kappa shape index (κ3) is 3.34. The van der Waals surface area contributed by atoms with Crippen molar-refractivity contribution < 1.29 is 14.3 Å². The van der Waals surface area contributed by atoms with Gasteiger partial charge in [0, 0.05) is 32.7 Å². The summed E-state index contributed by atoms with van der Waals surface area (Å²) in [5.41, 5.74) is 2.62. The second-order valence-corrected chi connectivity index (χ2v) is 7.26. The van der Waals surface area contributed by atoms with Crippen molar-refractivity contribution >= 4 is 5.91 Å². The fraction of sp³-hybridized carbons (Fsp3) is 0.632. The fourth-order valence-corrected chi connectivity index (χ4v) is 4.10. The Labute approximate surface area is 143 Å². The number of ether oxygens (including phenoxy) is 2. The molecular formula is C19H26N2O3. The number of aryl methyl sites for hydroxylation is 1. The van der Waals surface area contributed by atoms with Crippen LogP contribution < -0.4 is 0 Å². The van der Waals surface area contributed by atoms with Crippen molar-refractivity contribution in [2.24, 2.45) is 5.92 Å². The number of hydrogen-bond donors (Lipinski definition) is 0. The van der Waals surface area contributed by atoms with Gasteiger partial charge in [0.1, 0.15) is 0 Å². The highest BCUT2D eigenvalue weighted by molar-refractivity contribution is 5.80. The standard InChI is InChI=1S/C19H26N2O3/c1-14-2-4-15(5-3-14)11-20-12-16-10-17(18(13-20)24-16)19(22)21-6-8-23-9-7-21/h2-5,16-18H,6-13H2,1H3/t16-,17+,18-/m0/s1. The van der Waals surface area contributed by atoms with Gasteiger partial charge >= 0.3 is 0 Å². The van der Waals surface area contributed by atoms with Gasteiger partial charge in [-0.25, -0.2) is 0 Å². The second kappa shape index (κ2) is 6.82. The van der Waals surface area contributed by atoms with Crippen molar-refractivity contribution in [1.29, 1.82) is 0 Å². The summed E-state index contributed by atoms with van der Waals surface area (Å²) in [5, 5.41) is 0. The van der Waals surface area contributed by atoms with Crippen LogP contribution in [0.1, 0.15) is 17.5 Å². The Kier molecular flexibility index (Phi) is 4.57. The number of benzene rings is 1. The molecule has 0 aliphatic carbocycles. The predicted octanol–water partition coefficient (Wildman–Crippen LogP) is 1.44. The molecule has 3 heterocycles. The van der Waals surface area contributed by atoms with Gasteiger partial charge in [-0.15, -0.1) is 0 Å². The molecular weight excluding hydrogens is 304 g/mol. The highest BCUT2D eigenvalue weighted by Crippen LogP contribution is 2.34. The molecule has 3 fully saturated rings. The smallest absolute Gasteiger partial charge is 0.228 e. The Morgan fingerprint density at radius 1 is 1.17 bits per heavy atom. The maximum absolute atomic E-state index is 12.8. The van der Waals surface area contributed by atoms with Gasteiger partial charge in [-0.2, -0.15) is 0 Å². The Morgan fingerprint density at radius 3 is 2.67 bits per heavy atom. The lowest BCUT2D eigenvalue weighted by Crippen LogP contribution is -2.48. The van der Waals surface area contributed by atoms with E-state index in [1.807, 2.05) is 4.90 Å². The Morgan fingerprint density at radius 2 is 1.92 bits per heavy atom. The zero-order valence-electron chi connectivity index (χ0n) is 14.3. The van der Waals surface area contributed by atoms with E-state index in [1.54, 1.807) is 0 Å². The SMILES string of the molecule is Cc1ccc(CN2C[C@@H]3C[C@@H](C(=O)N4CCOCC4)[C@H](C2)O3)cc1. The minimum atomic E-state index is 0.0242. The molecule has 0 aromatic heterocycles. The molecule has 5 heteroatoms. The van der Waals surface area contributed by atoms with Crippen LogP contribution in [0, 0.1) is 12.8 Å². The Balaban J connectivity index is 1.38. The van der Waals surface area contributed by atoms with Crippen LogP contribution in [-0.4, -0.2) is 67.3 Å². The van der Waals surface area contributed by atoms with Crippen molar-refractivity contribution in [2.45, 2.75) is 32.1 Å². The molecule has 130 valence electrons. The topological polar surface area (TPSA) is 42.0 Å². The van der Waals surface area contributed by atoms with Crippen LogP contribution in [0.25, 0.3) is 0 Å². The summed E-state index contributed by atoms with van der Waals surface area (Å²) in [6.07, 6.45) is 1.11. The molecule has 3 aliphatic heterocycles. The first-order chi connectivity index (χ1) is 11.7. The van der Waals surface area contributed by atoms with E-state index >= 15 is 0 Å². The van der Waals surface area contributed by atoms with E-state index in [9.17, 15) is 4.79 Å². The zero-order valence-corrected chi connectivity index (χ0v) is 14.3. The molecule has 4 rings (SSSR count). The summed E-state index contributed by atoms with van der Waals surface area (Å²) in [7, 11) is 0. The molecule has 0 N–H and O–H groups in total. The minimum Gasteiger partial charge on any atom is -0.378 e. The normalized spacial score (nSPS) is 30.5. The van der Waals surface area contributed by atoms with E-state index in [0.717, 1.165) is 39.1 Å². The van der Waals surface area contributed by atoms with Gasteiger partial charge in [-0.05, 0) is 18.9 Å². The van der Waals surface area contributed by atoms with Gasteiger partial charge < -0.3 is 14.4 Å². The molecule has 0 spiro atoms. The first kappa shape index (κ1) is 16.1. The first-order valence-electron chi connectivity index (χ1n) is 8.99. The molecule has 1 aromatic carbocycles. The molecule has 3 aliphatic rings. The van der Waals surface area contributed by atoms with E-state index in [4.69, 9.17) is 9.47 Å². The van der Waals surface area contributed by atoms with Gasteiger partial charge in [-0.3, -0.25) is 9.69 Å². The number of likely N-dealkylation sites (tertiary alicyclic amines) is 1. The lowest BCUT2D eigenvalue weighted by molar-refractivity contribution is -0.142. The van der Waals surface area contributed by atoms with Crippen LogP contribution >= 0.6 is 0 Å². The summed E-state index contributed by atoms with van der Waals surface area (Å²) in [6, 6.07) is 8.72. The van der Waals surface area contributed by atoms with Crippen LogP contribution in [0.15, 0.2) is 24.3 Å². The number of morpholine rings is 2. The molecule has 3 atom stereocenters. The third-order valence-electron chi connectivity index (χ3n) is 5.40. The van der Waals surface area contributed by atoms with Crippen molar-refractivity contribution in [3.8, 4) is 0 Å². The van der Waals surface area contributed by atoms with Gasteiger partial charge in [0.2, 0.25) is 5.91 Å². The van der Waals surface area contributed by atoms with E-state index in [-0.39, 0.29) is 24.0 Å². The van der Waals surface area contributed by atoms with Crippen LogP contribution in [0.3, 0.4) is 0 Å². The molecule has 5 nitrogen and oxygen atoms in total. The number of hydrogen-bond acceptors (Lipinski definition) is 4. The van der Waals surface area contributed by atoms with Crippen LogP contribution in [-0.2, 0) is 20.8 Å². The lowest BCUT2D eigenvalue weighted by Gasteiger charge is -2.34. The van der Waals surface area contributed by atoms with Crippen LogP contribution in [0.5, 0.6) is 0 Å². The Hall–Kier alpha value is -1.43. The van der Waals surface area contributed by atoms with E-state index in [2.05, 4.69) is 36.1 Å². The van der Waals surface area contributed by atoms with E-state index in [0.29, 0.717) is 13.2 Å². The van der Waals surface area contributed by atoms with Gasteiger partial charge in [0.25, 0.3) is 0 Å². The molecule has 24 heavy (non-hydrogen) atoms. The summed E-state index contributed by atoms with van der Waals surface area (Å²) in [6.45, 7) is 7.59. The highest BCUT2D eigenvalue weighted by Gasteiger charge is 2.45. The first-order valence-corrected chi connectivity index (χ1v) is 8.99. The summed E-state index contributed by atoms with van der Waals surface area (Å²) < 4.78 is 11.4. The number of fused-ring (bicyclic) bond motifs is 2. The monoisotopic (exact) mass is 330 g/mol. The molecule has 1 aromatic rings. The molecule has 3 saturated heterocycles. The highest BCUT2D eigenvalue weighted by atomic mass is 16.5. The van der Waals surface area contributed by atoms with Crippen molar-refractivity contribution in [3.63, 3.8) is 0 Å². The minimum absolute atomic E-state index is 0.0242. The summed E-state index contributed by atoms with van der Waals surface area (Å²) in [5.74, 6) is 0.291. The largest absolute Gasteiger partial charge is 0.378 e. The van der Waals surface area contributed by atoms with Gasteiger partial charge in [-0.1, -0.05) is 29.8 Å². The molecule has 1 amide bonds. The zero-order chi connectivity index (χ0) is 16.5. The van der Waals surface area contributed by atoms with Crippen molar-refractivity contribution in [3.05, 3.63) is 35.4 Å². The van der Waals surface area contributed by atoms with Crippen LogP contribution in [0.2, 0.25) is 0 Å². The lowest BCUT2D eigenvalue weighted by atomic mass is 9.98. The number of amides is 1. The second-order valence-electron chi connectivity index (χ2n) is 7.26. The predicted molar refractivity (Wildman–Crippen MR) is 90.6 cm³/mol. The average Bonchev–Trinajstić information content (AvgIpc) is 2.91. The van der Waals surface area contributed by atoms with Crippen molar-refractivity contribution in [1.82, 2.24) is 9.80 Å². The third-order valence-corrected chi connectivity index (χ3v) is 5.40. The van der Waals surface area contributed by atoms with E-state index in [1.165, 1.54) is 11.1 Å². The van der Waals surface area contributed by atoms with Crippen LogP contribution in [0.4, 0.5) is 0 Å². The quantitative estimate of drug-likeness (QED) is 0.841. The number of carbonyl (C=O) groups is 1. The molecule has 0 saturated carbocycles. The van der Waals surface area contributed by atoms with Crippen molar-refractivity contribution in [2.75, 3.05) is 39.4 Å². The Bertz CT molecular complexity index is 583. The maximum atomic E-state index is 12.8. The number of nitrogens with zero attached hydrogens (tertiary/aromatic N) is 2. The molecule has 0 radical (unpaired) electrons. The van der Waals surface area contributed by atoms with E-state index < -0.39 is 0 Å². The summed E-state index contributed by atoms with van der Waals surface area (Å²) in [4.78, 5) is 17.2. The molecule has 2 bridgehead atoms. The summed E-state index contributed by atoms with van der Waals surface area (Å²) >= 11 is 0. The number of carbonyl (C=O) groups excluding carboxylic acids is 1. The number of rotatable bonds is 3. The fourth-order valence-electron chi connectivity index (χ4n) is 4.10.